The summed E-state index contributed by atoms with van der Waals surface area (Å²) in [5.41, 5.74) is 0.806. The van der Waals surface area contributed by atoms with E-state index in [1.54, 1.807) is 20.8 Å². The summed E-state index contributed by atoms with van der Waals surface area (Å²) in [4.78, 5) is 48.6. The van der Waals surface area contributed by atoms with Crippen molar-refractivity contribution in [1.29, 1.82) is 0 Å². The van der Waals surface area contributed by atoms with E-state index in [4.69, 9.17) is 9.47 Å². The van der Waals surface area contributed by atoms with Crippen molar-refractivity contribution in [2.45, 2.75) is 45.9 Å². The van der Waals surface area contributed by atoms with Crippen LogP contribution in [-0.2, 0) is 35.2 Å². The number of methoxy groups -OCH3 is 2. The predicted octanol–water partition coefficient (Wildman–Crippen LogP) is 1.79. The molecule has 0 saturated carbocycles. The lowest BCUT2D eigenvalue weighted by molar-refractivity contribution is -0.148. The third-order valence-corrected chi connectivity index (χ3v) is 4.47. The molecule has 0 heterocycles. The van der Waals surface area contributed by atoms with Gasteiger partial charge in [-0.1, -0.05) is 51.1 Å². The molecule has 1 rings (SSSR count). The summed E-state index contributed by atoms with van der Waals surface area (Å²) in [6.45, 7) is 5.16. The number of amides is 2. The Hall–Kier alpha value is -3.10. The topological polar surface area (TPSA) is 120 Å². The highest BCUT2D eigenvalue weighted by Gasteiger charge is 2.33. The normalized spacial score (nSPS) is 13.5. The molecule has 2 N–H and O–H groups in total. The summed E-state index contributed by atoms with van der Waals surface area (Å²) in [6, 6.07) is 7.08. The number of nitrogens with one attached hydrogen (secondary N) is 2. The lowest BCUT2D eigenvalue weighted by atomic mass is 9.96. The van der Waals surface area contributed by atoms with E-state index >= 15 is 0 Å². The van der Waals surface area contributed by atoms with Crippen LogP contribution in [0.1, 0.15) is 32.8 Å². The van der Waals surface area contributed by atoms with Crippen LogP contribution in [0.25, 0.3) is 0 Å². The second-order valence-electron chi connectivity index (χ2n) is 7.19. The van der Waals surface area contributed by atoms with E-state index in [9.17, 15) is 19.2 Å². The number of hydrogen-bond acceptors (Lipinski definition) is 7. The lowest BCUT2D eigenvalue weighted by Gasteiger charge is -2.27. The van der Waals surface area contributed by atoms with E-state index in [2.05, 4.69) is 15.4 Å². The molecule has 2 amide bonds. The van der Waals surface area contributed by atoms with Crippen LogP contribution in [0.2, 0.25) is 0 Å². The fourth-order valence-corrected chi connectivity index (χ4v) is 2.69. The molecule has 0 aliphatic heterocycles. The maximum atomic E-state index is 12.8. The molecule has 0 spiro atoms. The summed E-state index contributed by atoms with van der Waals surface area (Å²) in [7, 11) is 2.42. The standard InChI is InChI=1S/C21H30N2O7/c1-13(2)17(23-21(27)30-12-15-9-7-6-8-10-15)19(25)22-18(20(26)29-5)14(3)11-16(24)28-4/h6-10,13-14,17-18H,11-12H2,1-5H3,(H,22,25)(H,23,27)/t14-,17+,18-/m1/s1. The van der Waals surface area contributed by atoms with Gasteiger partial charge < -0.3 is 24.8 Å². The molecule has 0 unspecified atom stereocenters. The summed E-state index contributed by atoms with van der Waals surface area (Å²) in [5.74, 6) is -2.67. The highest BCUT2D eigenvalue weighted by Crippen LogP contribution is 2.13. The van der Waals surface area contributed by atoms with Crippen molar-refractivity contribution < 1.29 is 33.4 Å². The molecule has 9 nitrogen and oxygen atoms in total. The van der Waals surface area contributed by atoms with Crippen LogP contribution in [0.15, 0.2) is 30.3 Å². The molecule has 0 saturated heterocycles. The Morgan fingerprint density at radius 3 is 2.07 bits per heavy atom. The number of carbonyl (C=O) groups is 4. The van der Waals surface area contributed by atoms with E-state index in [1.807, 2.05) is 30.3 Å². The zero-order chi connectivity index (χ0) is 22.7. The molecular weight excluding hydrogens is 392 g/mol. The minimum Gasteiger partial charge on any atom is -0.469 e. The van der Waals surface area contributed by atoms with Crippen molar-refractivity contribution in [3.63, 3.8) is 0 Å². The second-order valence-corrected chi connectivity index (χ2v) is 7.19. The predicted molar refractivity (Wildman–Crippen MR) is 108 cm³/mol. The Balaban J connectivity index is 2.78. The average Bonchev–Trinajstić information content (AvgIpc) is 2.73. The number of carbonyl (C=O) groups excluding carboxylic acids is 4. The van der Waals surface area contributed by atoms with Crippen molar-refractivity contribution in [1.82, 2.24) is 10.6 Å². The minimum atomic E-state index is -1.08. The first-order valence-corrected chi connectivity index (χ1v) is 9.61. The van der Waals surface area contributed by atoms with Crippen molar-refractivity contribution in [2.24, 2.45) is 11.8 Å². The lowest BCUT2D eigenvalue weighted by Crippen LogP contribution is -2.55. The van der Waals surface area contributed by atoms with Gasteiger partial charge in [-0.3, -0.25) is 9.59 Å². The quantitative estimate of drug-likeness (QED) is 0.436. The first-order chi connectivity index (χ1) is 14.2. The monoisotopic (exact) mass is 422 g/mol. The van der Waals surface area contributed by atoms with E-state index in [-0.39, 0.29) is 18.9 Å². The van der Waals surface area contributed by atoms with E-state index in [1.165, 1.54) is 14.2 Å². The molecule has 0 aliphatic carbocycles. The van der Waals surface area contributed by atoms with E-state index in [0.717, 1.165) is 5.56 Å². The summed E-state index contributed by atoms with van der Waals surface area (Å²) >= 11 is 0. The van der Waals surface area contributed by atoms with Gasteiger partial charge in [0.05, 0.1) is 20.6 Å². The van der Waals surface area contributed by atoms with Crippen LogP contribution in [-0.4, -0.2) is 50.2 Å². The molecule has 3 atom stereocenters. The van der Waals surface area contributed by atoms with Gasteiger partial charge in [0.2, 0.25) is 5.91 Å². The van der Waals surface area contributed by atoms with Crippen molar-refractivity contribution in [2.75, 3.05) is 14.2 Å². The first-order valence-electron chi connectivity index (χ1n) is 9.61. The summed E-state index contributed by atoms with van der Waals surface area (Å²) in [5, 5.41) is 5.09. The van der Waals surface area contributed by atoms with Gasteiger partial charge in [0.15, 0.2) is 0 Å². The van der Waals surface area contributed by atoms with Crippen LogP contribution in [0, 0.1) is 11.8 Å². The van der Waals surface area contributed by atoms with Crippen LogP contribution in [0.5, 0.6) is 0 Å². The number of hydrogen-bond donors (Lipinski definition) is 2. The van der Waals surface area contributed by atoms with Crippen LogP contribution >= 0.6 is 0 Å². The van der Waals surface area contributed by atoms with Crippen molar-refractivity contribution >= 4 is 23.9 Å². The van der Waals surface area contributed by atoms with Crippen LogP contribution < -0.4 is 10.6 Å². The average molecular weight is 422 g/mol. The van der Waals surface area contributed by atoms with Crippen LogP contribution in [0.3, 0.4) is 0 Å². The molecule has 1 aromatic rings. The van der Waals surface area contributed by atoms with Crippen LogP contribution in [0.4, 0.5) is 4.79 Å². The molecule has 30 heavy (non-hydrogen) atoms. The third-order valence-electron chi connectivity index (χ3n) is 4.47. The van der Waals surface area contributed by atoms with Gasteiger partial charge in [-0.25, -0.2) is 9.59 Å². The second kappa shape index (κ2) is 12.5. The fraction of sp³-hybridized carbons (Fsp3) is 0.524. The molecule has 0 aromatic heterocycles. The number of rotatable bonds is 10. The SMILES string of the molecule is COC(=O)C[C@@H](C)[C@@H](NC(=O)[C@@H](NC(=O)OCc1ccccc1)C(C)C)C(=O)OC. The fourth-order valence-electron chi connectivity index (χ4n) is 2.69. The molecular formula is C21H30N2O7. The zero-order valence-electron chi connectivity index (χ0n) is 18.0. The molecule has 1 aromatic carbocycles. The Labute approximate surface area is 176 Å². The van der Waals surface area contributed by atoms with Gasteiger partial charge in [0.25, 0.3) is 0 Å². The van der Waals surface area contributed by atoms with Gasteiger partial charge in [0, 0.05) is 0 Å². The smallest absolute Gasteiger partial charge is 0.408 e. The largest absolute Gasteiger partial charge is 0.469 e. The highest BCUT2D eigenvalue weighted by atomic mass is 16.5. The molecule has 0 fully saturated rings. The third kappa shape index (κ3) is 8.10. The molecule has 0 aliphatic rings. The van der Waals surface area contributed by atoms with Gasteiger partial charge in [-0.05, 0) is 17.4 Å². The number of esters is 2. The maximum absolute atomic E-state index is 12.8. The Morgan fingerprint density at radius 1 is 0.900 bits per heavy atom. The van der Waals surface area contributed by atoms with E-state index in [0.29, 0.717) is 0 Å². The maximum Gasteiger partial charge on any atom is 0.408 e. The summed E-state index contributed by atoms with van der Waals surface area (Å²) < 4.78 is 14.5. The van der Waals surface area contributed by atoms with Gasteiger partial charge in [0.1, 0.15) is 18.7 Å². The Bertz CT molecular complexity index is 721. The first kappa shape index (κ1) is 24.9. The molecule has 166 valence electrons. The van der Waals surface area contributed by atoms with Crippen molar-refractivity contribution in [3.8, 4) is 0 Å². The summed E-state index contributed by atoms with van der Waals surface area (Å²) in [6.07, 6.45) is -0.847. The zero-order valence-corrected chi connectivity index (χ0v) is 18.0. The number of ether oxygens (including phenoxy) is 3. The molecule has 0 bridgehead atoms. The van der Waals surface area contributed by atoms with Gasteiger partial charge in [-0.2, -0.15) is 0 Å². The Kier molecular flexibility index (Phi) is 10.4. The highest BCUT2D eigenvalue weighted by molar-refractivity contribution is 5.90. The van der Waals surface area contributed by atoms with E-state index < -0.39 is 41.9 Å². The van der Waals surface area contributed by atoms with Gasteiger partial charge in [-0.15, -0.1) is 0 Å². The number of alkyl carbamates (subject to hydrolysis) is 1. The molecule has 0 radical (unpaired) electrons. The minimum absolute atomic E-state index is 0.0556. The van der Waals surface area contributed by atoms with Crippen molar-refractivity contribution in [3.05, 3.63) is 35.9 Å². The van der Waals surface area contributed by atoms with Gasteiger partial charge >= 0.3 is 18.0 Å². The Morgan fingerprint density at radius 2 is 1.53 bits per heavy atom. The molecule has 9 heteroatoms. The number of benzene rings is 1.